The molecule has 138 valence electrons. The lowest BCUT2D eigenvalue weighted by atomic mass is 9.84. The van der Waals surface area contributed by atoms with Crippen molar-refractivity contribution in [1.29, 1.82) is 0 Å². The molecule has 2 aromatic rings. The number of hydrogen-bond acceptors (Lipinski definition) is 3. The van der Waals surface area contributed by atoms with Crippen molar-refractivity contribution < 1.29 is 21.9 Å². The second-order valence-corrected chi connectivity index (χ2v) is 8.72. The third-order valence-electron chi connectivity index (χ3n) is 5.30. The van der Waals surface area contributed by atoms with E-state index in [1.165, 1.54) is 0 Å². The number of piperidine rings is 1. The van der Waals surface area contributed by atoms with Crippen LogP contribution in [0.1, 0.15) is 24.8 Å². The van der Waals surface area contributed by atoms with Crippen molar-refractivity contribution >= 4 is 10.0 Å². The van der Waals surface area contributed by atoms with Crippen LogP contribution in [0.5, 0.6) is 5.75 Å². The third-order valence-corrected chi connectivity index (χ3v) is 7.25. The molecular formula is C19H19F2NO3S. The number of sulfonamides is 1. The molecule has 0 N–H and O–H groups in total. The summed E-state index contributed by atoms with van der Waals surface area (Å²) in [6.45, 7) is 0.358. The SMILES string of the molecule is O=S(=O)(c1c(F)cccc1F)N1CCC2(CCc3ccccc3O2)CC1. The number of fused-ring (bicyclic) bond motifs is 1. The van der Waals surface area contributed by atoms with Crippen LogP contribution in [0.2, 0.25) is 0 Å². The van der Waals surface area contributed by atoms with E-state index in [4.69, 9.17) is 4.74 Å². The zero-order valence-electron chi connectivity index (χ0n) is 14.1. The summed E-state index contributed by atoms with van der Waals surface area (Å²) >= 11 is 0. The van der Waals surface area contributed by atoms with E-state index in [0.717, 1.165) is 46.7 Å². The molecule has 1 saturated heterocycles. The van der Waals surface area contributed by atoms with Crippen LogP contribution in [0.4, 0.5) is 8.78 Å². The summed E-state index contributed by atoms with van der Waals surface area (Å²) in [5.74, 6) is -1.28. The largest absolute Gasteiger partial charge is 0.487 e. The number of para-hydroxylation sites is 1. The topological polar surface area (TPSA) is 46.6 Å². The van der Waals surface area contributed by atoms with Gasteiger partial charge in [-0.05, 0) is 36.6 Å². The zero-order chi connectivity index (χ0) is 18.4. The predicted octanol–water partition coefficient (Wildman–Crippen LogP) is 3.51. The van der Waals surface area contributed by atoms with Gasteiger partial charge in [0.2, 0.25) is 10.0 Å². The maximum Gasteiger partial charge on any atom is 0.248 e. The van der Waals surface area contributed by atoms with Crippen molar-refractivity contribution in [2.75, 3.05) is 13.1 Å². The fourth-order valence-electron chi connectivity index (χ4n) is 3.80. The van der Waals surface area contributed by atoms with Gasteiger partial charge in [-0.3, -0.25) is 0 Å². The molecule has 2 aromatic carbocycles. The number of ether oxygens (including phenoxy) is 1. The quantitative estimate of drug-likeness (QED) is 0.802. The molecule has 0 aromatic heterocycles. The summed E-state index contributed by atoms with van der Waals surface area (Å²) in [4.78, 5) is -0.870. The van der Waals surface area contributed by atoms with Crippen LogP contribution in [0.15, 0.2) is 47.4 Å². The summed E-state index contributed by atoms with van der Waals surface area (Å²) in [7, 11) is -4.21. The third kappa shape index (κ3) is 2.89. The molecule has 0 saturated carbocycles. The Kier molecular flexibility index (Phi) is 4.23. The Labute approximate surface area is 151 Å². The highest BCUT2D eigenvalue weighted by atomic mass is 32.2. The van der Waals surface area contributed by atoms with Gasteiger partial charge in [0.25, 0.3) is 0 Å². The van der Waals surface area contributed by atoms with Crippen LogP contribution >= 0.6 is 0 Å². The summed E-state index contributed by atoms with van der Waals surface area (Å²) < 4.78 is 60.7. The molecule has 0 radical (unpaired) electrons. The lowest BCUT2D eigenvalue weighted by Gasteiger charge is -2.44. The van der Waals surface area contributed by atoms with Crippen molar-refractivity contribution in [3.63, 3.8) is 0 Å². The van der Waals surface area contributed by atoms with Crippen molar-refractivity contribution in [2.24, 2.45) is 0 Å². The lowest BCUT2D eigenvalue weighted by Crippen LogP contribution is -2.51. The molecule has 1 spiro atoms. The van der Waals surface area contributed by atoms with E-state index in [1.807, 2.05) is 24.3 Å². The molecule has 2 heterocycles. The molecule has 0 aliphatic carbocycles. The van der Waals surface area contributed by atoms with Crippen LogP contribution in [-0.4, -0.2) is 31.4 Å². The summed E-state index contributed by atoms with van der Waals surface area (Å²) in [5.41, 5.74) is 0.746. The number of nitrogens with zero attached hydrogens (tertiary/aromatic N) is 1. The van der Waals surface area contributed by atoms with Crippen LogP contribution < -0.4 is 4.74 Å². The van der Waals surface area contributed by atoms with Crippen LogP contribution in [-0.2, 0) is 16.4 Å². The number of halogens is 2. The van der Waals surface area contributed by atoms with Gasteiger partial charge in [0.05, 0.1) is 0 Å². The van der Waals surface area contributed by atoms with Crippen LogP contribution in [0, 0.1) is 11.6 Å². The van der Waals surface area contributed by atoms with Crippen molar-refractivity contribution in [1.82, 2.24) is 4.31 Å². The van der Waals surface area contributed by atoms with Gasteiger partial charge in [-0.1, -0.05) is 24.3 Å². The first-order chi connectivity index (χ1) is 12.4. The molecular weight excluding hydrogens is 360 g/mol. The molecule has 26 heavy (non-hydrogen) atoms. The van der Waals surface area contributed by atoms with Crippen molar-refractivity contribution in [3.8, 4) is 5.75 Å². The molecule has 0 atom stereocenters. The summed E-state index contributed by atoms with van der Waals surface area (Å²) in [6.07, 6.45) is 2.68. The number of benzene rings is 2. The number of aryl methyl sites for hydroxylation is 1. The molecule has 4 rings (SSSR count). The van der Waals surface area contributed by atoms with Crippen LogP contribution in [0.25, 0.3) is 0 Å². The van der Waals surface area contributed by atoms with E-state index in [1.54, 1.807) is 0 Å². The lowest BCUT2D eigenvalue weighted by molar-refractivity contribution is 0.00176. The fraction of sp³-hybridized carbons (Fsp3) is 0.368. The predicted molar refractivity (Wildman–Crippen MR) is 92.5 cm³/mol. The Morgan fingerprint density at radius 1 is 0.923 bits per heavy atom. The molecule has 2 aliphatic rings. The van der Waals surface area contributed by atoms with E-state index >= 15 is 0 Å². The number of rotatable bonds is 2. The summed E-state index contributed by atoms with van der Waals surface area (Å²) in [6, 6.07) is 10.9. The first kappa shape index (κ1) is 17.4. The van der Waals surface area contributed by atoms with Gasteiger partial charge in [-0.2, -0.15) is 4.31 Å². The highest BCUT2D eigenvalue weighted by molar-refractivity contribution is 7.89. The molecule has 4 nitrogen and oxygen atoms in total. The second kappa shape index (κ2) is 6.32. The Morgan fingerprint density at radius 2 is 1.58 bits per heavy atom. The average molecular weight is 379 g/mol. The van der Waals surface area contributed by atoms with E-state index in [0.29, 0.717) is 12.8 Å². The molecule has 0 unspecified atom stereocenters. The highest BCUT2D eigenvalue weighted by Gasteiger charge is 2.43. The molecule has 0 bridgehead atoms. The Morgan fingerprint density at radius 3 is 2.27 bits per heavy atom. The van der Waals surface area contributed by atoms with Gasteiger partial charge in [0.1, 0.15) is 23.0 Å². The molecule has 1 fully saturated rings. The first-order valence-electron chi connectivity index (χ1n) is 8.62. The Hall–Kier alpha value is -1.99. The molecule has 0 amide bonds. The smallest absolute Gasteiger partial charge is 0.248 e. The Bertz CT molecular complexity index is 917. The molecule has 7 heteroatoms. The minimum atomic E-state index is -4.21. The standard InChI is InChI=1S/C19H19F2NO3S/c20-15-5-3-6-16(21)18(15)26(23,24)22-12-10-19(11-13-22)9-8-14-4-1-2-7-17(14)25-19/h1-7H,8-13H2. The maximum absolute atomic E-state index is 13.9. The van der Waals surface area contributed by atoms with E-state index in [9.17, 15) is 17.2 Å². The van der Waals surface area contributed by atoms with Gasteiger partial charge in [0.15, 0.2) is 4.90 Å². The minimum Gasteiger partial charge on any atom is -0.487 e. The van der Waals surface area contributed by atoms with Crippen LogP contribution in [0.3, 0.4) is 0 Å². The maximum atomic E-state index is 13.9. The zero-order valence-corrected chi connectivity index (χ0v) is 14.9. The second-order valence-electron chi connectivity index (χ2n) is 6.85. The van der Waals surface area contributed by atoms with Gasteiger partial charge in [-0.25, -0.2) is 17.2 Å². The van der Waals surface area contributed by atoms with E-state index in [2.05, 4.69) is 0 Å². The van der Waals surface area contributed by atoms with Gasteiger partial charge in [0, 0.05) is 25.9 Å². The van der Waals surface area contributed by atoms with Gasteiger partial charge in [-0.15, -0.1) is 0 Å². The highest BCUT2D eigenvalue weighted by Crippen LogP contribution is 2.40. The summed E-state index contributed by atoms with van der Waals surface area (Å²) in [5, 5.41) is 0. The average Bonchev–Trinajstić information content (AvgIpc) is 2.62. The molecule has 2 aliphatic heterocycles. The van der Waals surface area contributed by atoms with Crippen molar-refractivity contribution in [3.05, 3.63) is 59.7 Å². The monoisotopic (exact) mass is 379 g/mol. The van der Waals surface area contributed by atoms with Gasteiger partial charge < -0.3 is 4.74 Å². The van der Waals surface area contributed by atoms with E-state index < -0.39 is 32.2 Å². The van der Waals surface area contributed by atoms with Crippen molar-refractivity contribution in [2.45, 2.75) is 36.2 Å². The Balaban J connectivity index is 1.54. The normalized spacial score (nSPS) is 19.8. The van der Waals surface area contributed by atoms with E-state index in [-0.39, 0.29) is 13.1 Å². The minimum absolute atomic E-state index is 0.179. The number of hydrogen-bond donors (Lipinski definition) is 0. The first-order valence-corrected chi connectivity index (χ1v) is 10.1. The van der Waals surface area contributed by atoms with Gasteiger partial charge >= 0.3 is 0 Å². The fourth-order valence-corrected chi connectivity index (χ4v) is 5.35.